The maximum atomic E-state index is 2.46. The lowest BCUT2D eigenvalue weighted by atomic mass is 9.86. The minimum atomic E-state index is 0.268. The molecule has 1 heteroatoms. The topological polar surface area (TPSA) is 0 Å². The molecule has 2 rings (SSSR count). The first kappa shape index (κ1) is 10.9. The van der Waals surface area contributed by atoms with Crippen LogP contribution in [0.2, 0.25) is 0 Å². The third-order valence-electron chi connectivity index (χ3n) is 2.87. The van der Waals surface area contributed by atoms with Crippen molar-refractivity contribution >= 4 is 33.4 Å². The van der Waals surface area contributed by atoms with Crippen molar-refractivity contribution in [3.8, 4) is 0 Å². The Labute approximate surface area is 105 Å². The molecule has 0 fully saturated rings. The van der Waals surface area contributed by atoms with Crippen molar-refractivity contribution in [2.75, 3.05) is 4.43 Å². The van der Waals surface area contributed by atoms with Crippen molar-refractivity contribution in [1.29, 1.82) is 0 Å². The minimum Gasteiger partial charge on any atom is -0.0854 e. The summed E-state index contributed by atoms with van der Waals surface area (Å²) in [6.45, 7) is 4.59. The van der Waals surface area contributed by atoms with Gasteiger partial charge in [-0.15, -0.1) is 0 Å². The van der Waals surface area contributed by atoms with Crippen molar-refractivity contribution in [2.24, 2.45) is 0 Å². The van der Waals surface area contributed by atoms with Crippen LogP contribution in [0.3, 0.4) is 0 Å². The van der Waals surface area contributed by atoms with Crippen LogP contribution in [0.4, 0.5) is 0 Å². The van der Waals surface area contributed by atoms with Crippen LogP contribution in [0.1, 0.15) is 19.4 Å². The van der Waals surface area contributed by atoms with E-state index in [1.807, 2.05) is 0 Å². The average Bonchev–Trinajstić information content (AvgIpc) is 2.28. The van der Waals surface area contributed by atoms with E-state index in [0.29, 0.717) is 0 Å². The zero-order valence-corrected chi connectivity index (χ0v) is 11.3. The summed E-state index contributed by atoms with van der Waals surface area (Å²) >= 11 is 2.46. The quantitative estimate of drug-likeness (QED) is 0.564. The van der Waals surface area contributed by atoms with Crippen molar-refractivity contribution in [1.82, 2.24) is 0 Å². The van der Waals surface area contributed by atoms with Gasteiger partial charge >= 0.3 is 0 Å². The molecule has 0 aliphatic carbocycles. The van der Waals surface area contributed by atoms with E-state index in [4.69, 9.17) is 0 Å². The van der Waals surface area contributed by atoms with Gasteiger partial charge in [0.1, 0.15) is 0 Å². The van der Waals surface area contributed by atoms with Crippen LogP contribution < -0.4 is 0 Å². The van der Waals surface area contributed by atoms with Gasteiger partial charge in [-0.2, -0.15) is 0 Å². The smallest absolute Gasteiger partial charge is 0.00872 e. The maximum absolute atomic E-state index is 2.46. The molecule has 0 radical (unpaired) electrons. The van der Waals surface area contributed by atoms with Gasteiger partial charge in [-0.1, -0.05) is 78.9 Å². The number of halogens is 1. The molecule has 0 saturated carbocycles. The summed E-state index contributed by atoms with van der Waals surface area (Å²) in [5.41, 5.74) is 1.69. The Balaban J connectivity index is 2.56. The molecule has 0 aromatic heterocycles. The second-order valence-corrected chi connectivity index (χ2v) is 5.34. The van der Waals surface area contributed by atoms with E-state index in [1.165, 1.54) is 16.3 Å². The van der Waals surface area contributed by atoms with Gasteiger partial charge in [0.05, 0.1) is 0 Å². The van der Waals surface area contributed by atoms with E-state index >= 15 is 0 Å². The summed E-state index contributed by atoms with van der Waals surface area (Å²) in [5.74, 6) is 0. The van der Waals surface area contributed by atoms with E-state index < -0.39 is 0 Å². The van der Waals surface area contributed by atoms with E-state index in [-0.39, 0.29) is 5.41 Å². The molecule has 0 saturated heterocycles. The van der Waals surface area contributed by atoms with E-state index in [2.05, 4.69) is 78.9 Å². The van der Waals surface area contributed by atoms with Crippen LogP contribution in [0, 0.1) is 0 Å². The Hall–Kier alpha value is -0.570. The highest BCUT2D eigenvalue weighted by atomic mass is 127. The SMILES string of the molecule is CC(C)(CI)c1ccc2ccccc2c1. The molecule has 78 valence electrons. The lowest BCUT2D eigenvalue weighted by Crippen LogP contribution is -2.18. The monoisotopic (exact) mass is 310 g/mol. The molecular weight excluding hydrogens is 295 g/mol. The Morgan fingerprint density at radius 2 is 1.67 bits per heavy atom. The van der Waals surface area contributed by atoms with Crippen LogP contribution in [-0.4, -0.2) is 4.43 Å². The molecule has 0 aliphatic rings. The van der Waals surface area contributed by atoms with Crippen LogP contribution in [0.15, 0.2) is 42.5 Å². The normalized spacial score (nSPS) is 11.9. The van der Waals surface area contributed by atoms with Gasteiger partial charge in [0.2, 0.25) is 0 Å². The summed E-state index contributed by atoms with van der Waals surface area (Å²) in [7, 11) is 0. The van der Waals surface area contributed by atoms with Crippen LogP contribution in [0.25, 0.3) is 10.8 Å². The molecule has 15 heavy (non-hydrogen) atoms. The predicted octanol–water partition coefficient (Wildman–Crippen LogP) is 4.55. The summed E-state index contributed by atoms with van der Waals surface area (Å²) in [5, 5.41) is 2.67. The first-order valence-electron chi connectivity index (χ1n) is 5.19. The second-order valence-electron chi connectivity index (χ2n) is 4.58. The fourth-order valence-corrected chi connectivity index (χ4v) is 2.13. The third-order valence-corrected chi connectivity index (χ3v) is 4.77. The number of hydrogen-bond acceptors (Lipinski definition) is 0. The predicted molar refractivity (Wildman–Crippen MR) is 75.9 cm³/mol. The van der Waals surface area contributed by atoms with Crippen LogP contribution in [0.5, 0.6) is 0 Å². The number of fused-ring (bicyclic) bond motifs is 1. The van der Waals surface area contributed by atoms with Crippen molar-refractivity contribution < 1.29 is 0 Å². The zero-order chi connectivity index (χ0) is 10.9. The summed E-state index contributed by atoms with van der Waals surface area (Å²) in [4.78, 5) is 0. The fraction of sp³-hybridized carbons (Fsp3) is 0.286. The zero-order valence-electron chi connectivity index (χ0n) is 9.13. The molecular formula is C14H15I. The molecule has 0 aliphatic heterocycles. The number of alkyl halides is 1. The molecule has 2 aromatic rings. The van der Waals surface area contributed by atoms with Gasteiger partial charge < -0.3 is 0 Å². The standard InChI is InChI=1S/C14H15I/c1-14(2,10-15)13-8-7-11-5-3-4-6-12(11)9-13/h3-9H,10H2,1-2H3. The Morgan fingerprint density at radius 3 is 2.33 bits per heavy atom. The maximum Gasteiger partial charge on any atom is 0.00872 e. The molecule has 0 nitrogen and oxygen atoms in total. The lowest BCUT2D eigenvalue weighted by molar-refractivity contribution is 0.613. The molecule has 0 N–H and O–H groups in total. The largest absolute Gasteiger partial charge is 0.0854 e. The summed E-state index contributed by atoms with van der Waals surface area (Å²) in [6.07, 6.45) is 0. The first-order valence-corrected chi connectivity index (χ1v) is 6.71. The highest BCUT2D eigenvalue weighted by Crippen LogP contribution is 2.28. The molecule has 0 heterocycles. The minimum absolute atomic E-state index is 0.268. The van der Waals surface area contributed by atoms with Crippen molar-refractivity contribution in [3.63, 3.8) is 0 Å². The lowest BCUT2D eigenvalue weighted by Gasteiger charge is -2.22. The van der Waals surface area contributed by atoms with Gasteiger partial charge in [-0.25, -0.2) is 0 Å². The van der Waals surface area contributed by atoms with E-state index in [1.54, 1.807) is 0 Å². The Kier molecular flexibility index (Phi) is 3.01. The van der Waals surface area contributed by atoms with Crippen molar-refractivity contribution in [2.45, 2.75) is 19.3 Å². The van der Waals surface area contributed by atoms with E-state index in [0.717, 1.165) is 4.43 Å². The average molecular weight is 310 g/mol. The highest BCUT2D eigenvalue weighted by molar-refractivity contribution is 14.1. The Bertz CT molecular complexity index is 471. The molecule has 0 atom stereocenters. The fourth-order valence-electron chi connectivity index (χ4n) is 1.69. The summed E-state index contributed by atoms with van der Waals surface area (Å²) < 4.78 is 1.14. The molecule has 0 spiro atoms. The van der Waals surface area contributed by atoms with Gasteiger partial charge in [0.15, 0.2) is 0 Å². The van der Waals surface area contributed by atoms with E-state index in [9.17, 15) is 0 Å². The third kappa shape index (κ3) is 2.17. The molecule has 0 amide bonds. The molecule has 0 unspecified atom stereocenters. The highest BCUT2D eigenvalue weighted by Gasteiger charge is 2.18. The number of rotatable bonds is 2. The summed E-state index contributed by atoms with van der Waals surface area (Å²) in [6, 6.07) is 15.3. The Morgan fingerprint density at radius 1 is 1.00 bits per heavy atom. The second kappa shape index (κ2) is 4.12. The van der Waals surface area contributed by atoms with Gasteiger partial charge in [-0.3, -0.25) is 0 Å². The van der Waals surface area contributed by atoms with Crippen molar-refractivity contribution in [3.05, 3.63) is 48.0 Å². The number of hydrogen-bond donors (Lipinski definition) is 0. The van der Waals surface area contributed by atoms with Crippen LogP contribution in [-0.2, 0) is 5.41 Å². The number of benzene rings is 2. The van der Waals surface area contributed by atoms with Gasteiger partial charge in [0.25, 0.3) is 0 Å². The van der Waals surface area contributed by atoms with Gasteiger partial charge in [-0.05, 0) is 21.8 Å². The van der Waals surface area contributed by atoms with Crippen LogP contribution >= 0.6 is 22.6 Å². The molecule has 0 bridgehead atoms. The van der Waals surface area contributed by atoms with Gasteiger partial charge in [0, 0.05) is 4.43 Å². The molecule has 2 aromatic carbocycles. The first-order chi connectivity index (χ1) is 7.13.